The number of carbonyl (C=O) groups excluding carboxylic acids is 3. The number of hydrogen-bond donors (Lipinski definition) is 0. The van der Waals surface area contributed by atoms with Crippen molar-refractivity contribution < 1.29 is 14.4 Å². The molecule has 0 radical (unpaired) electrons. The molecule has 16 heavy (non-hydrogen) atoms. The van der Waals surface area contributed by atoms with Crippen LogP contribution in [0.25, 0.3) is 0 Å². The average molecular weight is 227 g/mol. The fourth-order valence-electron chi connectivity index (χ4n) is 1.58. The minimum Gasteiger partial charge on any atom is -0.329 e. The molecule has 0 aliphatic rings. The first kappa shape index (κ1) is 14.8. The molecule has 0 saturated heterocycles. The third-order valence-corrected chi connectivity index (χ3v) is 2.50. The lowest BCUT2D eigenvalue weighted by Crippen LogP contribution is -2.45. The van der Waals surface area contributed by atoms with Crippen LogP contribution in [0.5, 0.6) is 0 Å². The molecule has 0 aromatic heterocycles. The van der Waals surface area contributed by atoms with E-state index >= 15 is 0 Å². The molecule has 0 aliphatic heterocycles. The van der Waals surface area contributed by atoms with Crippen molar-refractivity contribution in [2.45, 2.75) is 46.6 Å². The highest BCUT2D eigenvalue weighted by Crippen LogP contribution is 2.13. The van der Waals surface area contributed by atoms with Crippen LogP contribution in [0.4, 0.5) is 0 Å². The van der Waals surface area contributed by atoms with Crippen molar-refractivity contribution in [1.29, 1.82) is 0 Å². The Morgan fingerprint density at radius 1 is 1.19 bits per heavy atom. The zero-order chi connectivity index (χ0) is 12.9. The van der Waals surface area contributed by atoms with Crippen LogP contribution in [0.1, 0.15) is 40.5 Å². The Morgan fingerprint density at radius 3 is 2.00 bits per heavy atom. The van der Waals surface area contributed by atoms with E-state index in [1.807, 2.05) is 13.8 Å². The van der Waals surface area contributed by atoms with E-state index in [9.17, 15) is 14.4 Å². The molecule has 0 heterocycles. The lowest BCUT2D eigenvalue weighted by molar-refractivity contribution is -0.146. The molecule has 0 spiro atoms. The molecule has 0 aromatic carbocycles. The Kier molecular flexibility index (Phi) is 5.93. The lowest BCUT2D eigenvalue weighted by atomic mass is 9.97. The monoisotopic (exact) mass is 227 g/mol. The molecule has 0 rings (SSSR count). The lowest BCUT2D eigenvalue weighted by Gasteiger charge is -2.27. The normalized spacial score (nSPS) is 12.4. The zero-order valence-electron chi connectivity index (χ0n) is 10.7. The molecule has 0 saturated carbocycles. The number of hydrogen-bond acceptors (Lipinski definition) is 3. The molecular weight excluding hydrogens is 206 g/mol. The number of likely N-dealkylation sites (N-methyl/N-ethyl adjacent to an activating group) is 1. The second-order valence-corrected chi connectivity index (χ2v) is 4.44. The maximum atomic E-state index is 11.7. The predicted octanol–water partition coefficient (Wildman–Crippen LogP) is 1.43. The molecule has 1 amide bonds. The van der Waals surface area contributed by atoms with Crippen LogP contribution >= 0.6 is 0 Å². The molecule has 0 N–H and O–H groups in total. The molecule has 92 valence electrons. The molecule has 4 heteroatoms. The van der Waals surface area contributed by atoms with E-state index in [1.165, 1.54) is 18.9 Å². The van der Waals surface area contributed by atoms with Gasteiger partial charge in [0.25, 0.3) is 5.91 Å². The van der Waals surface area contributed by atoms with Gasteiger partial charge in [0, 0.05) is 20.4 Å². The largest absolute Gasteiger partial charge is 0.329 e. The Hall–Kier alpha value is -1.19. The van der Waals surface area contributed by atoms with Crippen LogP contribution < -0.4 is 0 Å². The van der Waals surface area contributed by atoms with E-state index in [0.29, 0.717) is 18.8 Å². The van der Waals surface area contributed by atoms with Crippen molar-refractivity contribution in [2.75, 3.05) is 7.05 Å². The van der Waals surface area contributed by atoms with Gasteiger partial charge in [0.15, 0.2) is 5.78 Å². The van der Waals surface area contributed by atoms with E-state index in [2.05, 4.69) is 0 Å². The fourth-order valence-corrected chi connectivity index (χ4v) is 1.58. The van der Waals surface area contributed by atoms with Crippen molar-refractivity contribution in [3.8, 4) is 0 Å². The molecule has 4 nitrogen and oxygen atoms in total. The number of nitrogens with zero attached hydrogens (tertiary/aromatic N) is 1. The first-order valence-corrected chi connectivity index (χ1v) is 5.61. The van der Waals surface area contributed by atoms with E-state index in [-0.39, 0.29) is 5.78 Å². The van der Waals surface area contributed by atoms with Crippen molar-refractivity contribution in [3.05, 3.63) is 0 Å². The summed E-state index contributed by atoms with van der Waals surface area (Å²) in [6.45, 7) is 6.97. The minimum atomic E-state index is -0.590. The van der Waals surface area contributed by atoms with Gasteiger partial charge in [0.05, 0.1) is 6.04 Å². The summed E-state index contributed by atoms with van der Waals surface area (Å²) in [6.07, 6.45) is 0.981. The summed E-state index contributed by atoms with van der Waals surface area (Å²) in [5.74, 6) is -0.805. The highest BCUT2D eigenvalue weighted by Gasteiger charge is 2.27. The van der Waals surface area contributed by atoms with E-state index in [1.54, 1.807) is 6.92 Å². The SMILES string of the molecule is CCC(=O)[C@@H](CC(C)C)N(C)C(=O)C(C)=O. The number of carbonyl (C=O) groups is 3. The summed E-state index contributed by atoms with van der Waals surface area (Å²) in [6, 6.07) is -0.471. The van der Waals surface area contributed by atoms with Gasteiger partial charge >= 0.3 is 0 Å². The second kappa shape index (κ2) is 6.40. The third kappa shape index (κ3) is 4.13. The number of ketones is 2. The third-order valence-electron chi connectivity index (χ3n) is 2.50. The molecule has 0 aliphatic carbocycles. The molecule has 0 fully saturated rings. The number of rotatable bonds is 6. The fraction of sp³-hybridized carbons (Fsp3) is 0.750. The Morgan fingerprint density at radius 2 is 1.69 bits per heavy atom. The summed E-state index contributed by atoms with van der Waals surface area (Å²) in [4.78, 5) is 35.5. The summed E-state index contributed by atoms with van der Waals surface area (Å²) in [7, 11) is 1.52. The standard InChI is InChI=1S/C12H21NO3/c1-6-11(15)10(7-8(2)3)13(5)12(16)9(4)14/h8,10H,6-7H2,1-5H3/t10-/m1/s1. The Labute approximate surface area is 97.0 Å². The van der Waals surface area contributed by atoms with Gasteiger partial charge in [-0.2, -0.15) is 0 Å². The second-order valence-electron chi connectivity index (χ2n) is 4.44. The predicted molar refractivity (Wildman–Crippen MR) is 62.0 cm³/mol. The summed E-state index contributed by atoms with van der Waals surface area (Å²) >= 11 is 0. The topological polar surface area (TPSA) is 54.5 Å². The number of amides is 1. The Bertz CT molecular complexity index is 284. The smallest absolute Gasteiger partial charge is 0.289 e. The van der Waals surface area contributed by atoms with Gasteiger partial charge in [0.1, 0.15) is 0 Å². The van der Waals surface area contributed by atoms with Crippen LogP contribution in [-0.2, 0) is 14.4 Å². The molecular formula is C12H21NO3. The molecule has 0 unspecified atom stereocenters. The van der Waals surface area contributed by atoms with Gasteiger partial charge in [-0.1, -0.05) is 20.8 Å². The van der Waals surface area contributed by atoms with Crippen LogP contribution in [0.15, 0.2) is 0 Å². The molecule has 1 atom stereocenters. The first-order valence-electron chi connectivity index (χ1n) is 5.61. The van der Waals surface area contributed by atoms with Gasteiger partial charge in [0.2, 0.25) is 5.78 Å². The number of Topliss-reactive ketones (excluding diaryl/α,β-unsaturated/α-hetero) is 2. The van der Waals surface area contributed by atoms with Crippen molar-refractivity contribution in [1.82, 2.24) is 4.90 Å². The van der Waals surface area contributed by atoms with Crippen LogP contribution in [0.3, 0.4) is 0 Å². The summed E-state index contributed by atoms with van der Waals surface area (Å²) in [5, 5.41) is 0. The highest BCUT2D eigenvalue weighted by atomic mass is 16.2. The maximum Gasteiger partial charge on any atom is 0.289 e. The van der Waals surface area contributed by atoms with E-state index in [4.69, 9.17) is 0 Å². The van der Waals surface area contributed by atoms with E-state index < -0.39 is 17.7 Å². The van der Waals surface area contributed by atoms with Crippen molar-refractivity contribution in [3.63, 3.8) is 0 Å². The molecule has 0 bridgehead atoms. The van der Waals surface area contributed by atoms with Gasteiger partial charge in [-0.05, 0) is 12.3 Å². The van der Waals surface area contributed by atoms with Crippen LogP contribution in [0.2, 0.25) is 0 Å². The highest BCUT2D eigenvalue weighted by molar-refractivity contribution is 6.35. The van der Waals surface area contributed by atoms with Gasteiger partial charge < -0.3 is 4.90 Å². The average Bonchev–Trinajstić information content (AvgIpc) is 2.22. The maximum absolute atomic E-state index is 11.7. The quantitative estimate of drug-likeness (QED) is 0.645. The van der Waals surface area contributed by atoms with Crippen LogP contribution in [0, 0.1) is 5.92 Å². The van der Waals surface area contributed by atoms with Gasteiger partial charge in [-0.25, -0.2) is 0 Å². The first-order chi connectivity index (χ1) is 7.31. The van der Waals surface area contributed by atoms with Gasteiger partial charge in [-0.3, -0.25) is 14.4 Å². The summed E-state index contributed by atoms with van der Waals surface area (Å²) in [5.41, 5.74) is 0. The van der Waals surface area contributed by atoms with E-state index in [0.717, 1.165) is 0 Å². The minimum absolute atomic E-state index is 0.00537. The van der Waals surface area contributed by atoms with Gasteiger partial charge in [-0.15, -0.1) is 0 Å². The zero-order valence-corrected chi connectivity index (χ0v) is 10.7. The Balaban J connectivity index is 4.81. The summed E-state index contributed by atoms with van der Waals surface area (Å²) < 4.78 is 0. The van der Waals surface area contributed by atoms with Crippen LogP contribution in [-0.4, -0.2) is 35.5 Å². The molecule has 0 aromatic rings. The van der Waals surface area contributed by atoms with Crippen molar-refractivity contribution >= 4 is 17.5 Å². The van der Waals surface area contributed by atoms with Crippen molar-refractivity contribution in [2.24, 2.45) is 5.92 Å².